The quantitative estimate of drug-likeness (QED) is 0.361. The monoisotopic (exact) mass is 390 g/mol. The van der Waals surface area contributed by atoms with Gasteiger partial charge in [0.15, 0.2) is 5.13 Å². The number of thiazole rings is 1. The number of ketones is 1. The van der Waals surface area contributed by atoms with Crippen LogP contribution >= 0.6 is 35.5 Å². The molecule has 0 saturated carbocycles. The van der Waals surface area contributed by atoms with Crippen LogP contribution in [0.25, 0.3) is 0 Å². The number of nitrogens with one attached hydrogen (secondary N) is 1. The molecule has 3 heterocycles. The molecule has 0 radical (unpaired) electrons. The number of aliphatic carboxylic acids is 1. The maximum atomic E-state index is 12.0. The Morgan fingerprint density at radius 2 is 2.12 bits per heavy atom. The Morgan fingerprint density at radius 3 is 2.71 bits per heavy atom. The largest absolute Gasteiger partial charge is 0.478 e. The van der Waals surface area contributed by atoms with Gasteiger partial charge in [-0.1, -0.05) is 0 Å². The molecule has 0 aromatic carbocycles. The first kappa shape index (κ1) is 18.2. The molecule has 3 rings (SSSR count). The number of rotatable bonds is 4. The lowest BCUT2D eigenvalue weighted by Crippen LogP contribution is -2.69. The molecule has 0 aliphatic carbocycles. The Labute approximate surface area is 149 Å². The van der Waals surface area contributed by atoms with Crippen LogP contribution in [0.4, 0.5) is 5.13 Å². The molecule has 1 aromatic heterocycles. The van der Waals surface area contributed by atoms with Gasteiger partial charge in [0.05, 0.1) is 5.57 Å². The van der Waals surface area contributed by atoms with Crippen molar-refractivity contribution < 1.29 is 24.3 Å². The van der Waals surface area contributed by atoms with Crippen LogP contribution in [0, 0.1) is 0 Å². The summed E-state index contributed by atoms with van der Waals surface area (Å²) in [5, 5.41) is 12.4. The summed E-state index contributed by atoms with van der Waals surface area (Å²) in [5.41, 5.74) is 5.45. The third-order valence-electron chi connectivity index (χ3n) is 3.31. The van der Waals surface area contributed by atoms with Crippen molar-refractivity contribution in [3.05, 3.63) is 22.8 Å². The van der Waals surface area contributed by atoms with Crippen LogP contribution in [0.1, 0.15) is 10.5 Å². The Hall–Kier alpha value is -2.11. The molecule has 1 aromatic rings. The van der Waals surface area contributed by atoms with Crippen LogP contribution in [0.15, 0.2) is 17.2 Å². The number of Topliss-reactive ketones (excluding diaryl/α,β-unsaturated/α-hetero) is 1. The highest BCUT2D eigenvalue weighted by Gasteiger charge is 2.50. The van der Waals surface area contributed by atoms with Gasteiger partial charge in [-0.3, -0.25) is 14.4 Å². The SMILES string of the molecule is Cl.Nc1nc(C(=O)C(=O)NC2C(=O)N3C=C(C(=O)O)CS[C@H]23)cs1. The second-order valence-corrected chi connectivity index (χ2v) is 6.75. The minimum absolute atomic E-state index is 0. The molecular formula is C12H11ClN4O5S2. The number of hydrogen-bond donors (Lipinski definition) is 3. The number of hydrogen-bond acceptors (Lipinski definition) is 8. The molecule has 0 bridgehead atoms. The Balaban J connectivity index is 0.00000208. The van der Waals surface area contributed by atoms with E-state index in [-0.39, 0.29) is 34.6 Å². The zero-order valence-electron chi connectivity index (χ0n) is 11.8. The van der Waals surface area contributed by atoms with Gasteiger partial charge in [-0.15, -0.1) is 35.5 Å². The van der Waals surface area contributed by atoms with Gasteiger partial charge in [0.2, 0.25) is 0 Å². The van der Waals surface area contributed by atoms with E-state index >= 15 is 0 Å². The Kier molecular flexibility index (Phi) is 5.16. The molecule has 1 fully saturated rings. The number of carbonyl (C=O) groups excluding carboxylic acids is 3. The minimum atomic E-state index is -1.09. The summed E-state index contributed by atoms with van der Waals surface area (Å²) >= 11 is 2.24. The average Bonchev–Trinajstić information content (AvgIpc) is 2.97. The highest BCUT2D eigenvalue weighted by molar-refractivity contribution is 8.00. The highest BCUT2D eigenvalue weighted by atomic mass is 35.5. The summed E-state index contributed by atoms with van der Waals surface area (Å²) in [4.78, 5) is 51.7. The lowest BCUT2D eigenvalue weighted by molar-refractivity contribution is -0.144. The molecule has 24 heavy (non-hydrogen) atoms. The first-order chi connectivity index (χ1) is 10.9. The summed E-state index contributed by atoms with van der Waals surface area (Å²) in [7, 11) is 0. The summed E-state index contributed by atoms with van der Waals surface area (Å²) in [6, 6.07) is -0.862. The van der Waals surface area contributed by atoms with Gasteiger partial charge in [0.25, 0.3) is 17.6 Å². The number of carbonyl (C=O) groups is 4. The van der Waals surface area contributed by atoms with Gasteiger partial charge in [-0.2, -0.15) is 0 Å². The van der Waals surface area contributed by atoms with E-state index in [9.17, 15) is 19.2 Å². The number of nitrogens with two attached hydrogens (primary N) is 1. The Morgan fingerprint density at radius 1 is 1.42 bits per heavy atom. The maximum absolute atomic E-state index is 12.0. The highest BCUT2D eigenvalue weighted by Crippen LogP contribution is 2.36. The molecule has 0 spiro atoms. The van der Waals surface area contributed by atoms with Crippen molar-refractivity contribution in [2.45, 2.75) is 11.4 Å². The number of anilines is 1. The predicted molar refractivity (Wildman–Crippen MR) is 88.8 cm³/mol. The van der Waals surface area contributed by atoms with E-state index in [1.54, 1.807) is 0 Å². The number of aromatic nitrogens is 1. The van der Waals surface area contributed by atoms with Crippen molar-refractivity contribution >= 4 is 64.2 Å². The first-order valence-corrected chi connectivity index (χ1v) is 8.25. The summed E-state index contributed by atoms with van der Waals surface area (Å²) in [6.07, 6.45) is 1.26. The van der Waals surface area contributed by atoms with E-state index in [0.717, 1.165) is 11.3 Å². The smallest absolute Gasteiger partial charge is 0.333 e. The first-order valence-electron chi connectivity index (χ1n) is 6.32. The summed E-state index contributed by atoms with van der Waals surface area (Å²) < 4.78 is 0. The maximum Gasteiger partial charge on any atom is 0.333 e. The lowest BCUT2D eigenvalue weighted by atomic mass is 10.1. The van der Waals surface area contributed by atoms with E-state index < -0.39 is 35.0 Å². The van der Waals surface area contributed by atoms with E-state index in [1.165, 1.54) is 28.2 Å². The normalized spacial score (nSPS) is 21.8. The molecule has 1 saturated heterocycles. The number of thioether (sulfide) groups is 1. The van der Waals surface area contributed by atoms with Crippen LogP contribution < -0.4 is 11.1 Å². The molecule has 12 heteroatoms. The van der Waals surface area contributed by atoms with E-state index in [4.69, 9.17) is 10.8 Å². The molecule has 1 unspecified atom stereocenters. The number of halogens is 1. The average molecular weight is 391 g/mol. The van der Waals surface area contributed by atoms with Gasteiger partial charge >= 0.3 is 5.97 Å². The zero-order chi connectivity index (χ0) is 16.7. The number of β-lactam (4-membered cyclic amide) rings is 1. The predicted octanol–water partition coefficient (Wildman–Crippen LogP) is -0.302. The van der Waals surface area contributed by atoms with Gasteiger partial charge in [0, 0.05) is 17.3 Å². The number of fused-ring (bicyclic) bond motifs is 1. The van der Waals surface area contributed by atoms with Crippen molar-refractivity contribution in [3.8, 4) is 0 Å². The fourth-order valence-corrected chi connectivity index (χ4v) is 3.94. The van der Waals surface area contributed by atoms with Crippen molar-refractivity contribution in [1.29, 1.82) is 0 Å². The molecular weight excluding hydrogens is 380 g/mol. The fourth-order valence-electron chi connectivity index (χ4n) is 2.15. The van der Waals surface area contributed by atoms with Gasteiger partial charge in [-0.05, 0) is 0 Å². The van der Waals surface area contributed by atoms with Gasteiger partial charge < -0.3 is 21.1 Å². The topological polar surface area (TPSA) is 143 Å². The number of carboxylic acids is 1. The number of carboxylic acid groups (broad SMARTS) is 1. The molecule has 4 N–H and O–H groups in total. The number of nitrogen functional groups attached to an aromatic ring is 1. The van der Waals surface area contributed by atoms with E-state index in [2.05, 4.69) is 10.3 Å². The Bertz CT molecular complexity index is 764. The van der Waals surface area contributed by atoms with E-state index in [1.807, 2.05) is 0 Å². The van der Waals surface area contributed by atoms with Crippen molar-refractivity contribution in [2.75, 3.05) is 11.5 Å². The van der Waals surface area contributed by atoms with Crippen LogP contribution in [-0.2, 0) is 14.4 Å². The molecule has 2 aliphatic rings. The van der Waals surface area contributed by atoms with Crippen molar-refractivity contribution in [1.82, 2.24) is 15.2 Å². The fraction of sp³-hybridized carbons (Fsp3) is 0.250. The molecule has 9 nitrogen and oxygen atoms in total. The van der Waals surface area contributed by atoms with Gasteiger partial charge in [0.1, 0.15) is 17.1 Å². The van der Waals surface area contributed by atoms with Crippen molar-refractivity contribution in [3.63, 3.8) is 0 Å². The summed E-state index contributed by atoms with van der Waals surface area (Å²) in [6.45, 7) is 0. The molecule has 2 aliphatic heterocycles. The van der Waals surface area contributed by atoms with Crippen molar-refractivity contribution in [2.24, 2.45) is 0 Å². The second-order valence-electron chi connectivity index (χ2n) is 4.76. The summed E-state index contributed by atoms with van der Waals surface area (Å²) in [5.74, 6) is -3.15. The third-order valence-corrected chi connectivity index (χ3v) is 5.30. The second kappa shape index (κ2) is 6.79. The van der Waals surface area contributed by atoms with Crippen LogP contribution in [0.2, 0.25) is 0 Å². The number of nitrogens with zero attached hydrogens (tertiary/aromatic N) is 2. The third kappa shape index (κ3) is 3.09. The van der Waals surface area contributed by atoms with Gasteiger partial charge in [-0.25, -0.2) is 9.78 Å². The number of amides is 2. The van der Waals surface area contributed by atoms with Crippen LogP contribution in [0.5, 0.6) is 0 Å². The minimum Gasteiger partial charge on any atom is -0.478 e. The lowest BCUT2D eigenvalue weighted by Gasteiger charge is -2.46. The van der Waals surface area contributed by atoms with Crippen LogP contribution in [-0.4, -0.2) is 55.7 Å². The standard InChI is InChI=1S/C12H10N4O5S2.ClH/c13-12-14-5(3-23-12)7(17)8(18)15-6-9(19)16-1-4(11(20)21)2-22-10(6)16;/h1,3,6,10H,2H2,(H2,13,14)(H,15,18)(H,20,21);1H/t6?,10-;/m1./s1. The molecule has 2 atom stereocenters. The van der Waals surface area contributed by atoms with Crippen LogP contribution in [0.3, 0.4) is 0 Å². The zero-order valence-corrected chi connectivity index (χ0v) is 14.2. The van der Waals surface area contributed by atoms with E-state index in [0.29, 0.717) is 0 Å². The molecule has 2 amide bonds. The molecule has 128 valence electrons.